The zero-order chi connectivity index (χ0) is 19.8. The number of hydrogen-bond donors (Lipinski definition) is 1. The van der Waals surface area contributed by atoms with E-state index < -0.39 is 6.09 Å². The van der Waals surface area contributed by atoms with E-state index in [9.17, 15) is 14.7 Å². The first-order valence-corrected chi connectivity index (χ1v) is 9.92. The molecule has 2 aromatic carbocycles. The van der Waals surface area contributed by atoms with E-state index in [4.69, 9.17) is 0 Å². The zero-order valence-electron chi connectivity index (χ0n) is 16.3. The Morgan fingerprint density at radius 2 is 1.54 bits per heavy atom. The highest BCUT2D eigenvalue weighted by atomic mass is 16.4. The quantitative estimate of drug-likeness (QED) is 0.870. The second-order valence-electron chi connectivity index (χ2n) is 7.99. The molecule has 28 heavy (non-hydrogen) atoms. The molecule has 2 aliphatic rings. The summed E-state index contributed by atoms with van der Waals surface area (Å²) in [5, 5.41) is 9.90. The number of nitrogens with zero attached hydrogens (tertiary/aromatic N) is 2. The van der Waals surface area contributed by atoms with E-state index >= 15 is 0 Å². The van der Waals surface area contributed by atoms with Crippen molar-refractivity contribution in [3.63, 3.8) is 0 Å². The Morgan fingerprint density at radius 1 is 1.00 bits per heavy atom. The van der Waals surface area contributed by atoms with Gasteiger partial charge in [0.05, 0.1) is 6.04 Å². The van der Waals surface area contributed by atoms with Crippen molar-refractivity contribution in [1.82, 2.24) is 9.80 Å². The fraction of sp³-hybridized carbons (Fsp3) is 0.391. The minimum absolute atomic E-state index is 0.0437. The summed E-state index contributed by atoms with van der Waals surface area (Å²) < 4.78 is 0. The van der Waals surface area contributed by atoms with Crippen molar-refractivity contribution >= 4 is 12.0 Å². The molecule has 146 valence electrons. The molecule has 1 saturated heterocycles. The Hall–Kier alpha value is -2.82. The van der Waals surface area contributed by atoms with Gasteiger partial charge in [0, 0.05) is 18.5 Å². The summed E-state index contributed by atoms with van der Waals surface area (Å²) >= 11 is 0. The number of amides is 2. The molecule has 0 spiro atoms. The Morgan fingerprint density at radius 3 is 2.04 bits per heavy atom. The molecule has 0 saturated carbocycles. The molecular formula is C23H26N2O3. The van der Waals surface area contributed by atoms with Crippen LogP contribution in [0.15, 0.2) is 48.5 Å². The maximum Gasteiger partial charge on any atom is 0.408 e. The van der Waals surface area contributed by atoms with Gasteiger partial charge in [0.25, 0.3) is 0 Å². The van der Waals surface area contributed by atoms with Gasteiger partial charge in [0.1, 0.15) is 6.54 Å². The third-order valence-corrected chi connectivity index (χ3v) is 6.11. The van der Waals surface area contributed by atoms with Crippen LogP contribution < -0.4 is 0 Å². The van der Waals surface area contributed by atoms with Crippen molar-refractivity contribution in [1.29, 1.82) is 0 Å². The Balaban J connectivity index is 1.87. The number of rotatable bonds is 2. The topological polar surface area (TPSA) is 60.9 Å². The molecule has 1 N–H and O–H groups in total. The summed E-state index contributed by atoms with van der Waals surface area (Å²) in [4.78, 5) is 27.8. The van der Waals surface area contributed by atoms with E-state index in [0.717, 1.165) is 12.8 Å². The van der Waals surface area contributed by atoms with Gasteiger partial charge in [-0.25, -0.2) is 4.79 Å². The van der Waals surface area contributed by atoms with Gasteiger partial charge in [-0.15, -0.1) is 0 Å². The average molecular weight is 378 g/mol. The molecule has 0 radical (unpaired) electrons. The molecule has 2 aromatic rings. The summed E-state index contributed by atoms with van der Waals surface area (Å²) in [6.07, 6.45) is 0.855. The number of carbonyl (C=O) groups is 2. The third-order valence-electron chi connectivity index (χ3n) is 6.11. The van der Waals surface area contributed by atoms with Gasteiger partial charge in [0.2, 0.25) is 5.91 Å². The Kier molecular flexibility index (Phi) is 4.84. The van der Waals surface area contributed by atoms with Crippen molar-refractivity contribution < 1.29 is 14.7 Å². The number of hydrogen-bond acceptors (Lipinski definition) is 2. The van der Waals surface area contributed by atoms with Crippen LogP contribution in [-0.2, 0) is 17.6 Å². The second kappa shape index (κ2) is 7.30. The van der Waals surface area contributed by atoms with Gasteiger partial charge < -0.3 is 10.0 Å². The fourth-order valence-electron chi connectivity index (χ4n) is 4.73. The van der Waals surface area contributed by atoms with Crippen LogP contribution in [0.5, 0.6) is 0 Å². The van der Waals surface area contributed by atoms with Crippen molar-refractivity contribution in [2.24, 2.45) is 0 Å². The molecule has 0 unspecified atom stereocenters. The highest BCUT2D eigenvalue weighted by molar-refractivity contribution is 5.84. The lowest BCUT2D eigenvalue weighted by Gasteiger charge is -2.45. The summed E-state index contributed by atoms with van der Waals surface area (Å²) in [5.74, 6) is -0.204. The maximum absolute atomic E-state index is 12.6. The van der Waals surface area contributed by atoms with Crippen LogP contribution in [0.25, 0.3) is 0 Å². The molecule has 0 bridgehead atoms. The number of aryl methyl sites for hydroxylation is 2. The largest absolute Gasteiger partial charge is 0.465 e. The van der Waals surface area contributed by atoms with Crippen LogP contribution in [0.2, 0.25) is 0 Å². The Bertz CT molecular complexity index is 861. The summed E-state index contributed by atoms with van der Waals surface area (Å²) in [6.45, 7) is 4.30. The molecule has 1 atom stereocenters. The number of piperazine rings is 1. The molecule has 5 nitrogen and oxygen atoms in total. The molecule has 0 aromatic heterocycles. The smallest absolute Gasteiger partial charge is 0.408 e. The molecule has 1 aliphatic heterocycles. The normalized spacial score (nSPS) is 20.0. The highest BCUT2D eigenvalue weighted by Crippen LogP contribution is 2.39. The van der Waals surface area contributed by atoms with Crippen molar-refractivity contribution in [2.75, 3.05) is 13.1 Å². The van der Waals surface area contributed by atoms with Gasteiger partial charge in [-0.05, 0) is 48.9 Å². The van der Waals surface area contributed by atoms with Crippen molar-refractivity contribution in [2.45, 2.75) is 44.7 Å². The number of carboxylic acid groups (broad SMARTS) is 1. The highest BCUT2D eigenvalue weighted by Gasteiger charge is 2.42. The lowest BCUT2D eigenvalue weighted by atomic mass is 9.81. The van der Waals surface area contributed by atoms with Gasteiger partial charge in [-0.2, -0.15) is 0 Å². The predicted octanol–water partition coefficient (Wildman–Crippen LogP) is 3.52. The molecule has 4 rings (SSSR count). The number of benzene rings is 2. The van der Waals surface area contributed by atoms with Gasteiger partial charge >= 0.3 is 6.09 Å². The van der Waals surface area contributed by atoms with E-state index in [1.807, 2.05) is 43.0 Å². The summed E-state index contributed by atoms with van der Waals surface area (Å²) in [5.41, 5.74) is 4.90. The molecule has 1 aliphatic carbocycles. The van der Waals surface area contributed by atoms with E-state index in [-0.39, 0.29) is 30.5 Å². The fourth-order valence-corrected chi connectivity index (χ4v) is 4.73. The SMILES string of the molecule is CC(C)N1C[C@H](C2c3ccccc3CCc3ccccc32)N(C(=O)O)CC1=O. The molecule has 2 amide bonds. The predicted molar refractivity (Wildman–Crippen MR) is 108 cm³/mol. The first-order valence-electron chi connectivity index (χ1n) is 9.92. The Labute approximate surface area is 165 Å². The van der Waals surface area contributed by atoms with Crippen LogP contribution in [-0.4, -0.2) is 52.1 Å². The number of fused-ring (bicyclic) bond motifs is 2. The lowest BCUT2D eigenvalue weighted by molar-refractivity contribution is -0.139. The van der Waals surface area contributed by atoms with Crippen LogP contribution in [0.3, 0.4) is 0 Å². The van der Waals surface area contributed by atoms with Crippen LogP contribution in [0.1, 0.15) is 42.0 Å². The van der Waals surface area contributed by atoms with Gasteiger partial charge in [-0.3, -0.25) is 9.69 Å². The molecule has 1 heterocycles. The monoisotopic (exact) mass is 378 g/mol. The number of carbonyl (C=O) groups excluding carboxylic acids is 1. The van der Waals surface area contributed by atoms with Crippen molar-refractivity contribution in [3.8, 4) is 0 Å². The van der Waals surface area contributed by atoms with E-state index in [2.05, 4.69) is 24.3 Å². The standard InChI is InChI=1S/C23H26N2O3/c1-15(2)24-13-20(25(23(27)28)14-21(24)26)22-18-9-5-3-7-16(18)11-12-17-8-4-6-10-19(17)22/h3-10,15,20,22H,11-14H2,1-2H3,(H,27,28)/t20-/m1/s1. The zero-order valence-corrected chi connectivity index (χ0v) is 16.3. The maximum atomic E-state index is 12.6. The summed E-state index contributed by atoms with van der Waals surface area (Å²) in [6, 6.07) is 16.4. The first kappa shape index (κ1) is 18.5. The minimum atomic E-state index is -1.03. The molecule has 5 heteroatoms. The van der Waals surface area contributed by atoms with Crippen LogP contribution >= 0.6 is 0 Å². The average Bonchev–Trinajstić information content (AvgIpc) is 2.84. The van der Waals surface area contributed by atoms with E-state index in [0.29, 0.717) is 6.54 Å². The van der Waals surface area contributed by atoms with E-state index in [1.165, 1.54) is 27.2 Å². The van der Waals surface area contributed by atoms with Gasteiger partial charge in [-0.1, -0.05) is 48.5 Å². The van der Waals surface area contributed by atoms with Gasteiger partial charge in [0.15, 0.2) is 0 Å². The van der Waals surface area contributed by atoms with Crippen LogP contribution in [0.4, 0.5) is 4.79 Å². The second-order valence-corrected chi connectivity index (χ2v) is 7.99. The molecule has 1 fully saturated rings. The summed E-state index contributed by atoms with van der Waals surface area (Å²) in [7, 11) is 0. The van der Waals surface area contributed by atoms with Crippen molar-refractivity contribution in [3.05, 3.63) is 70.8 Å². The lowest BCUT2D eigenvalue weighted by Crippen LogP contribution is -2.61. The minimum Gasteiger partial charge on any atom is -0.465 e. The third kappa shape index (κ3) is 3.15. The first-order chi connectivity index (χ1) is 13.5. The van der Waals surface area contributed by atoms with Crippen LogP contribution in [0, 0.1) is 0 Å². The van der Waals surface area contributed by atoms with E-state index in [1.54, 1.807) is 0 Å². The molecular weight excluding hydrogens is 352 g/mol.